The van der Waals surface area contributed by atoms with Crippen LogP contribution in [-0.4, -0.2) is 15.2 Å². The average molecular weight is 293 g/mol. The Labute approximate surface area is 107 Å². The van der Waals surface area contributed by atoms with Crippen molar-refractivity contribution in [1.82, 2.24) is 9.94 Å². The number of hydrogen-bond acceptors (Lipinski definition) is 3. The summed E-state index contributed by atoms with van der Waals surface area (Å²) in [5.74, 6) is 2.93. The Morgan fingerprint density at radius 1 is 1.47 bits per heavy atom. The van der Waals surface area contributed by atoms with Crippen LogP contribution in [0.25, 0.3) is 0 Å². The van der Waals surface area contributed by atoms with Crippen molar-refractivity contribution in [3.8, 4) is 18.2 Å². The molecule has 0 aliphatic rings. The number of nitrogens with zero attached hydrogens (tertiary/aromatic N) is 2. The van der Waals surface area contributed by atoms with Gasteiger partial charge in [-0.2, -0.15) is 0 Å². The largest absolute Gasteiger partial charge is 0.472 e. The lowest BCUT2D eigenvalue weighted by Crippen LogP contribution is -2.00. The molecule has 1 aromatic heterocycles. The molecule has 0 amide bonds. The van der Waals surface area contributed by atoms with Crippen molar-refractivity contribution in [1.29, 1.82) is 0 Å². The van der Waals surface area contributed by atoms with E-state index in [2.05, 4.69) is 26.9 Å². The van der Waals surface area contributed by atoms with Crippen molar-refractivity contribution < 1.29 is 9.94 Å². The van der Waals surface area contributed by atoms with Crippen LogP contribution in [0.4, 0.5) is 0 Å². The van der Waals surface area contributed by atoms with E-state index in [1.165, 1.54) is 6.20 Å². The Kier molecular flexibility index (Phi) is 3.35. The van der Waals surface area contributed by atoms with Crippen LogP contribution < -0.4 is 4.74 Å². The Bertz CT molecular complexity index is 572. The van der Waals surface area contributed by atoms with E-state index in [1.54, 1.807) is 6.07 Å². The van der Waals surface area contributed by atoms with Crippen molar-refractivity contribution in [2.45, 2.75) is 6.61 Å². The van der Waals surface area contributed by atoms with Crippen molar-refractivity contribution >= 4 is 15.9 Å². The van der Waals surface area contributed by atoms with E-state index in [-0.39, 0.29) is 6.61 Å². The van der Waals surface area contributed by atoms with Crippen LogP contribution in [0.3, 0.4) is 0 Å². The summed E-state index contributed by atoms with van der Waals surface area (Å²) in [6.07, 6.45) is 6.79. The molecular weight excluding hydrogens is 284 g/mol. The number of benzene rings is 1. The van der Waals surface area contributed by atoms with Crippen LogP contribution in [0.5, 0.6) is 5.88 Å². The molecule has 0 aliphatic heterocycles. The molecule has 1 aromatic carbocycles. The minimum absolute atomic E-state index is 0.290. The second-order valence-corrected chi connectivity index (χ2v) is 4.13. The summed E-state index contributed by atoms with van der Waals surface area (Å²) in [4.78, 5) is 0.692. The van der Waals surface area contributed by atoms with Crippen molar-refractivity contribution in [2.24, 2.45) is 0 Å². The fraction of sp³-hybridized carbons (Fsp3) is 0.0833. The van der Waals surface area contributed by atoms with Crippen LogP contribution >= 0.6 is 15.9 Å². The minimum atomic E-state index is 0.290. The van der Waals surface area contributed by atoms with Gasteiger partial charge in [0.1, 0.15) is 6.61 Å². The van der Waals surface area contributed by atoms with Gasteiger partial charge in [-0.05, 0) is 12.1 Å². The third-order valence-electron chi connectivity index (χ3n) is 2.19. The molecule has 1 heterocycles. The maximum Gasteiger partial charge on any atom is 0.236 e. The first-order chi connectivity index (χ1) is 8.20. The number of ether oxygens (including phenoxy) is 1. The summed E-state index contributed by atoms with van der Waals surface area (Å²) in [6, 6.07) is 7.16. The smallest absolute Gasteiger partial charge is 0.236 e. The number of terminal acetylenes is 1. The van der Waals surface area contributed by atoms with E-state index in [1.807, 2.05) is 18.2 Å². The zero-order valence-electron chi connectivity index (χ0n) is 8.80. The average Bonchev–Trinajstić information content (AvgIpc) is 2.73. The molecule has 0 saturated carbocycles. The molecule has 2 rings (SSSR count). The molecule has 4 nitrogen and oxygen atoms in total. The molecular formula is C12H9BrN2O2. The molecule has 0 spiro atoms. The molecule has 0 radical (unpaired) electrons. The summed E-state index contributed by atoms with van der Waals surface area (Å²) >= 11 is 3.42. The number of hydrogen-bond donors (Lipinski definition) is 1. The van der Waals surface area contributed by atoms with Crippen molar-refractivity contribution in [3.05, 3.63) is 46.1 Å². The Balaban J connectivity index is 2.17. The monoisotopic (exact) mass is 292 g/mol. The second kappa shape index (κ2) is 4.93. The van der Waals surface area contributed by atoms with Gasteiger partial charge < -0.3 is 9.94 Å². The molecule has 0 aliphatic carbocycles. The van der Waals surface area contributed by atoms with E-state index in [9.17, 15) is 0 Å². The first kappa shape index (κ1) is 11.6. The summed E-state index contributed by atoms with van der Waals surface area (Å²) in [6.45, 7) is 0.290. The zero-order valence-corrected chi connectivity index (χ0v) is 10.4. The summed E-state index contributed by atoms with van der Waals surface area (Å²) in [7, 11) is 0. The van der Waals surface area contributed by atoms with Gasteiger partial charge in [-0.1, -0.05) is 33.0 Å². The molecule has 5 heteroatoms. The fourth-order valence-corrected chi connectivity index (χ4v) is 1.84. The molecule has 0 unspecified atom stereocenters. The Morgan fingerprint density at radius 3 is 2.94 bits per heavy atom. The third kappa shape index (κ3) is 2.60. The van der Waals surface area contributed by atoms with Gasteiger partial charge in [0.2, 0.25) is 5.88 Å². The summed E-state index contributed by atoms with van der Waals surface area (Å²) in [5, 5.41) is 12.7. The number of aromatic nitrogens is 2. The molecule has 0 bridgehead atoms. The quantitative estimate of drug-likeness (QED) is 0.698. The highest BCUT2D eigenvalue weighted by atomic mass is 79.9. The molecule has 0 saturated heterocycles. The molecule has 2 aromatic rings. The van der Waals surface area contributed by atoms with E-state index in [0.29, 0.717) is 10.7 Å². The first-order valence-electron chi connectivity index (χ1n) is 4.82. The number of rotatable bonds is 3. The standard InChI is InChI=1S/C12H9BrN2O2/c1-2-9-4-3-5-11(13)10(9)8-17-12-6-7-15(16)14-12/h1,3-7,16H,8H2. The predicted molar refractivity (Wildman–Crippen MR) is 65.8 cm³/mol. The van der Waals surface area contributed by atoms with Gasteiger partial charge in [-0.3, -0.25) is 0 Å². The lowest BCUT2D eigenvalue weighted by molar-refractivity contribution is 0.141. The van der Waals surface area contributed by atoms with Gasteiger partial charge in [0.05, 0.1) is 6.20 Å². The lowest BCUT2D eigenvalue weighted by Gasteiger charge is -2.07. The molecule has 0 atom stereocenters. The maximum atomic E-state index is 8.99. The van der Waals surface area contributed by atoms with Crippen LogP contribution in [-0.2, 0) is 6.61 Å². The highest BCUT2D eigenvalue weighted by molar-refractivity contribution is 9.10. The second-order valence-electron chi connectivity index (χ2n) is 3.27. The van der Waals surface area contributed by atoms with Gasteiger partial charge in [-0.15, -0.1) is 11.3 Å². The first-order valence-corrected chi connectivity index (χ1v) is 5.61. The van der Waals surface area contributed by atoms with Gasteiger partial charge in [-0.25, -0.2) is 0 Å². The van der Waals surface area contributed by atoms with E-state index in [0.717, 1.165) is 15.6 Å². The maximum absolute atomic E-state index is 8.99. The summed E-state index contributed by atoms with van der Waals surface area (Å²) < 4.78 is 6.30. The highest BCUT2D eigenvalue weighted by Gasteiger charge is 2.07. The summed E-state index contributed by atoms with van der Waals surface area (Å²) in [5.41, 5.74) is 1.64. The Hall–Kier alpha value is -1.93. The highest BCUT2D eigenvalue weighted by Crippen LogP contribution is 2.21. The van der Waals surface area contributed by atoms with E-state index in [4.69, 9.17) is 16.4 Å². The SMILES string of the molecule is C#Cc1cccc(Br)c1COc1ccn(O)n1. The zero-order chi connectivity index (χ0) is 12.3. The molecule has 17 heavy (non-hydrogen) atoms. The minimum Gasteiger partial charge on any atom is -0.472 e. The topological polar surface area (TPSA) is 47.3 Å². The van der Waals surface area contributed by atoms with Crippen LogP contribution in [0.1, 0.15) is 11.1 Å². The molecule has 0 fully saturated rings. The molecule has 1 N–H and O–H groups in total. The lowest BCUT2D eigenvalue weighted by atomic mass is 10.1. The van der Waals surface area contributed by atoms with E-state index >= 15 is 0 Å². The van der Waals surface area contributed by atoms with Crippen LogP contribution in [0.2, 0.25) is 0 Å². The van der Waals surface area contributed by atoms with Crippen LogP contribution in [0, 0.1) is 12.3 Å². The fourth-order valence-electron chi connectivity index (χ4n) is 1.36. The normalized spacial score (nSPS) is 9.88. The Morgan fingerprint density at radius 2 is 2.29 bits per heavy atom. The number of halogens is 1. The van der Waals surface area contributed by atoms with E-state index < -0.39 is 0 Å². The van der Waals surface area contributed by atoms with Crippen LogP contribution in [0.15, 0.2) is 34.9 Å². The van der Waals surface area contributed by atoms with Gasteiger partial charge in [0, 0.05) is 21.7 Å². The van der Waals surface area contributed by atoms with Gasteiger partial charge in [0.25, 0.3) is 0 Å². The molecule has 86 valence electrons. The predicted octanol–water partition coefficient (Wildman–Crippen LogP) is 2.44. The third-order valence-corrected chi connectivity index (χ3v) is 2.93. The van der Waals surface area contributed by atoms with Gasteiger partial charge in [0.15, 0.2) is 0 Å². The van der Waals surface area contributed by atoms with Crippen molar-refractivity contribution in [2.75, 3.05) is 0 Å². The van der Waals surface area contributed by atoms with Gasteiger partial charge >= 0.3 is 0 Å². The van der Waals surface area contributed by atoms with Crippen molar-refractivity contribution in [3.63, 3.8) is 0 Å².